The van der Waals surface area contributed by atoms with E-state index in [2.05, 4.69) is 19.2 Å². The van der Waals surface area contributed by atoms with Gasteiger partial charge in [-0.1, -0.05) is 25.4 Å². The van der Waals surface area contributed by atoms with Gasteiger partial charge in [0.25, 0.3) is 5.91 Å². The van der Waals surface area contributed by atoms with Crippen LogP contribution < -0.4 is 5.32 Å². The van der Waals surface area contributed by atoms with Crippen molar-refractivity contribution in [2.75, 3.05) is 18.9 Å². The molecule has 0 aromatic heterocycles. The number of likely N-dealkylation sites (tertiary alicyclic amines) is 1. The van der Waals surface area contributed by atoms with Crippen molar-refractivity contribution in [3.63, 3.8) is 0 Å². The van der Waals surface area contributed by atoms with Gasteiger partial charge in [0.05, 0.1) is 5.56 Å². The van der Waals surface area contributed by atoms with Crippen molar-refractivity contribution in [1.29, 1.82) is 0 Å². The molecule has 0 saturated carbocycles. The summed E-state index contributed by atoms with van der Waals surface area (Å²) in [6.45, 7) is 5.19. The predicted molar refractivity (Wildman–Crippen MR) is 79.9 cm³/mol. The van der Waals surface area contributed by atoms with E-state index in [9.17, 15) is 4.79 Å². The molecule has 1 aromatic carbocycles. The number of hydrogen-bond acceptors (Lipinski definition) is 2. The van der Waals surface area contributed by atoms with Crippen molar-refractivity contribution in [2.24, 2.45) is 5.92 Å². The normalized spacial score (nSPS) is 19.0. The highest BCUT2D eigenvalue weighted by atomic mass is 35.5. The predicted octanol–water partition coefficient (Wildman–Crippen LogP) is 3.64. The zero-order valence-corrected chi connectivity index (χ0v) is 12.5. The van der Waals surface area contributed by atoms with Crippen LogP contribution in [0.15, 0.2) is 18.2 Å². The Bertz CT molecular complexity index is 473. The number of hydrogen-bond donors (Lipinski definition) is 1. The maximum absolute atomic E-state index is 12.7. The van der Waals surface area contributed by atoms with Gasteiger partial charge in [0.1, 0.15) is 0 Å². The topological polar surface area (TPSA) is 32.3 Å². The molecule has 1 aliphatic heterocycles. The van der Waals surface area contributed by atoms with Crippen LogP contribution in [0.4, 0.5) is 5.69 Å². The van der Waals surface area contributed by atoms with Crippen molar-refractivity contribution in [1.82, 2.24) is 4.90 Å². The lowest BCUT2D eigenvalue weighted by Crippen LogP contribution is -2.38. The number of nitrogens with one attached hydrogen (secondary N) is 1. The summed E-state index contributed by atoms with van der Waals surface area (Å²) in [6.07, 6.45) is 2.18. The molecule has 2 rings (SSSR count). The lowest BCUT2D eigenvalue weighted by Gasteiger charge is -2.28. The quantitative estimate of drug-likeness (QED) is 0.917. The van der Waals surface area contributed by atoms with Crippen LogP contribution in [0.1, 0.15) is 37.0 Å². The Hall–Kier alpha value is -1.22. The molecule has 104 valence electrons. The molecular formula is C15H21ClN2O. The van der Waals surface area contributed by atoms with E-state index in [4.69, 9.17) is 11.6 Å². The summed E-state index contributed by atoms with van der Waals surface area (Å²) in [6, 6.07) is 5.76. The smallest absolute Gasteiger partial charge is 0.256 e. The van der Waals surface area contributed by atoms with E-state index in [0.29, 0.717) is 22.5 Å². The summed E-state index contributed by atoms with van der Waals surface area (Å²) in [5.41, 5.74) is 1.51. The Kier molecular flexibility index (Phi) is 4.35. The standard InChI is InChI=1S/C15H21ClN2O/c1-10(2)14-5-4-8-18(14)15(19)12-9-11(16)6-7-13(12)17-3/h6-7,9-10,14,17H,4-5,8H2,1-3H3. The third-order valence-electron chi connectivity index (χ3n) is 3.81. The average molecular weight is 281 g/mol. The molecule has 1 fully saturated rings. The lowest BCUT2D eigenvalue weighted by molar-refractivity contribution is 0.0702. The molecular weight excluding hydrogens is 260 g/mol. The molecule has 1 N–H and O–H groups in total. The third kappa shape index (κ3) is 2.86. The number of halogens is 1. The fourth-order valence-corrected chi connectivity index (χ4v) is 2.98. The first-order valence-electron chi connectivity index (χ1n) is 6.83. The SMILES string of the molecule is CNc1ccc(Cl)cc1C(=O)N1CCCC1C(C)C. The Morgan fingerprint density at radius 3 is 2.84 bits per heavy atom. The van der Waals surface area contributed by atoms with Crippen LogP contribution in [-0.2, 0) is 0 Å². The fraction of sp³-hybridized carbons (Fsp3) is 0.533. The molecule has 19 heavy (non-hydrogen) atoms. The molecule has 0 radical (unpaired) electrons. The van der Waals surface area contributed by atoms with Gasteiger partial charge in [-0.05, 0) is 37.0 Å². The van der Waals surface area contributed by atoms with E-state index in [-0.39, 0.29) is 5.91 Å². The zero-order valence-electron chi connectivity index (χ0n) is 11.7. The van der Waals surface area contributed by atoms with Crippen LogP contribution >= 0.6 is 11.6 Å². The summed E-state index contributed by atoms with van der Waals surface area (Å²) < 4.78 is 0. The van der Waals surface area contributed by atoms with Gasteiger partial charge in [0.2, 0.25) is 0 Å². The Balaban J connectivity index is 2.31. The van der Waals surface area contributed by atoms with Crippen molar-refractivity contribution >= 4 is 23.2 Å². The van der Waals surface area contributed by atoms with Crippen molar-refractivity contribution in [2.45, 2.75) is 32.7 Å². The molecule has 3 nitrogen and oxygen atoms in total. The number of benzene rings is 1. The van der Waals surface area contributed by atoms with Crippen LogP contribution in [-0.4, -0.2) is 30.4 Å². The molecule has 1 aromatic rings. The molecule has 1 unspecified atom stereocenters. The molecule has 1 amide bonds. The minimum Gasteiger partial charge on any atom is -0.387 e. The fourth-order valence-electron chi connectivity index (χ4n) is 2.80. The maximum atomic E-state index is 12.7. The molecule has 1 saturated heterocycles. The van der Waals surface area contributed by atoms with E-state index in [1.807, 2.05) is 18.0 Å². The first kappa shape index (κ1) is 14.2. The molecule has 0 spiro atoms. The molecule has 0 aliphatic carbocycles. The molecule has 4 heteroatoms. The van der Waals surface area contributed by atoms with Crippen molar-refractivity contribution < 1.29 is 4.79 Å². The summed E-state index contributed by atoms with van der Waals surface area (Å²) in [4.78, 5) is 14.7. The van der Waals surface area contributed by atoms with Gasteiger partial charge in [-0.2, -0.15) is 0 Å². The van der Waals surface area contributed by atoms with Crippen LogP contribution in [0.2, 0.25) is 5.02 Å². The van der Waals surface area contributed by atoms with Gasteiger partial charge in [-0.3, -0.25) is 4.79 Å². The highest BCUT2D eigenvalue weighted by Gasteiger charge is 2.32. The largest absolute Gasteiger partial charge is 0.387 e. The Morgan fingerprint density at radius 1 is 1.47 bits per heavy atom. The Labute approximate surface area is 119 Å². The average Bonchev–Trinajstić information content (AvgIpc) is 2.87. The molecule has 0 bridgehead atoms. The second-order valence-electron chi connectivity index (χ2n) is 5.39. The number of amides is 1. The lowest BCUT2D eigenvalue weighted by atomic mass is 10.0. The summed E-state index contributed by atoms with van der Waals surface area (Å²) in [7, 11) is 1.82. The highest BCUT2D eigenvalue weighted by molar-refractivity contribution is 6.31. The van der Waals surface area contributed by atoms with Gasteiger partial charge in [-0.25, -0.2) is 0 Å². The zero-order chi connectivity index (χ0) is 14.0. The van der Waals surface area contributed by atoms with Crippen LogP contribution in [0.25, 0.3) is 0 Å². The van der Waals surface area contributed by atoms with Crippen molar-refractivity contribution in [3.05, 3.63) is 28.8 Å². The van der Waals surface area contributed by atoms with Gasteiger partial charge >= 0.3 is 0 Å². The number of carbonyl (C=O) groups excluding carboxylic acids is 1. The van der Waals surface area contributed by atoms with Gasteiger partial charge < -0.3 is 10.2 Å². The first-order valence-corrected chi connectivity index (χ1v) is 7.20. The Morgan fingerprint density at radius 2 is 2.21 bits per heavy atom. The number of nitrogens with zero attached hydrogens (tertiary/aromatic N) is 1. The number of rotatable bonds is 3. The third-order valence-corrected chi connectivity index (χ3v) is 4.05. The van der Waals surface area contributed by atoms with E-state index in [0.717, 1.165) is 25.1 Å². The molecule has 1 heterocycles. The van der Waals surface area contributed by atoms with Crippen LogP contribution in [0.3, 0.4) is 0 Å². The van der Waals surface area contributed by atoms with Gasteiger partial charge in [-0.15, -0.1) is 0 Å². The minimum atomic E-state index is 0.0862. The summed E-state index contributed by atoms with van der Waals surface area (Å²) in [5, 5.41) is 3.66. The first-order chi connectivity index (χ1) is 9.04. The van der Waals surface area contributed by atoms with E-state index < -0.39 is 0 Å². The van der Waals surface area contributed by atoms with E-state index in [1.54, 1.807) is 12.1 Å². The molecule has 1 atom stereocenters. The van der Waals surface area contributed by atoms with Crippen molar-refractivity contribution in [3.8, 4) is 0 Å². The van der Waals surface area contributed by atoms with Gasteiger partial charge in [0, 0.05) is 30.3 Å². The van der Waals surface area contributed by atoms with Gasteiger partial charge in [0.15, 0.2) is 0 Å². The maximum Gasteiger partial charge on any atom is 0.256 e. The van der Waals surface area contributed by atoms with Crippen LogP contribution in [0.5, 0.6) is 0 Å². The van der Waals surface area contributed by atoms with Crippen LogP contribution in [0, 0.1) is 5.92 Å². The second kappa shape index (κ2) is 5.83. The second-order valence-corrected chi connectivity index (χ2v) is 5.83. The summed E-state index contributed by atoms with van der Waals surface area (Å²) >= 11 is 6.02. The highest BCUT2D eigenvalue weighted by Crippen LogP contribution is 2.28. The van der Waals surface area contributed by atoms with E-state index >= 15 is 0 Å². The summed E-state index contributed by atoms with van der Waals surface area (Å²) in [5.74, 6) is 0.576. The monoisotopic (exact) mass is 280 g/mol. The number of carbonyl (C=O) groups is 1. The van der Waals surface area contributed by atoms with E-state index in [1.165, 1.54) is 0 Å². The molecule has 1 aliphatic rings. The minimum absolute atomic E-state index is 0.0862. The number of anilines is 1.